The topological polar surface area (TPSA) is 75.3 Å². The molecule has 1 unspecified atom stereocenters. The van der Waals surface area contributed by atoms with Gasteiger partial charge in [0.05, 0.1) is 4.90 Å². The third kappa shape index (κ3) is 6.24. The number of nitrogens with one attached hydrogen (secondary N) is 2. The molecule has 2 N–H and O–H groups in total. The summed E-state index contributed by atoms with van der Waals surface area (Å²) in [5, 5.41) is 2.97. The molecule has 24 heavy (non-hydrogen) atoms. The van der Waals surface area contributed by atoms with Gasteiger partial charge in [-0.2, -0.15) is 0 Å². The number of carbonyl (C=O) groups excluding carboxylic acids is 1. The summed E-state index contributed by atoms with van der Waals surface area (Å²) in [5.41, 5.74) is 1.18. The third-order valence-corrected chi connectivity index (χ3v) is 5.51. The SMILES string of the molecule is CCCCCCC(C)NC(=O)c1cc(S(=O)(=O)NCC)ccc1C. The number of sulfonamides is 1. The molecule has 6 heteroatoms. The molecule has 0 radical (unpaired) electrons. The van der Waals surface area contributed by atoms with E-state index in [4.69, 9.17) is 0 Å². The summed E-state index contributed by atoms with van der Waals surface area (Å²) < 4.78 is 26.6. The van der Waals surface area contributed by atoms with Crippen molar-refractivity contribution in [1.29, 1.82) is 0 Å². The number of rotatable bonds is 10. The molecular weight excluding hydrogens is 324 g/mol. The first kappa shape index (κ1) is 20.6. The zero-order valence-corrected chi connectivity index (χ0v) is 16.0. The molecule has 1 rings (SSSR count). The Morgan fingerprint density at radius 2 is 1.88 bits per heavy atom. The number of carbonyl (C=O) groups is 1. The molecule has 0 saturated heterocycles. The average Bonchev–Trinajstić information content (AvgIpc) is 2.51. The molecule has 0 heterocycles. The van der Waals surface area contributed by atoms with Gasteiger partial charge in [-0.05, 0) is 38.0 Å². The van der Waals surface area contributed by atoms with Crippen LogP contribution in [0.25, 0.3) is 0 Å². The number of unbranched alkanes of at least 4 members (excludes halogenated alkanes) is 3. The fourth-order valence-electron chi connectivity index (χ4n) is 2.54. The highest BCUT2D eigenvalue weighted by molar-refractivity contribution is 7.89. The second-order valence-electron chi connectivity index (χ2n) is 6.20. The number of benzene rings is 1. The Balaban J connectivity index is 2.80. The van der Waals surface area contributed by atoms with Gasteiger partial charge in [0.2, 0.25) is 10.0 Å². The van der Waals surface area contributed by atoms with E-state index in [0.29, 0.717) is 12.1 Å². The Labute approximate surface area is 146 Å². The third-order valence-electron chi connectivity index (χ3n) is 3.97. The minimum Gasteiger partial charge on any atom is -0.350 e. The summed E-state index contributed by atoms with van der Waals surface area (Å²) in [7, 11) is -3.56. The van der Waals surface area contributed by atoms with E-state index in [-0.39, 0.29) is 16.8 Å². The van der Waals surface area contributed by atoms with Crippen molar-refractivity contribution in [2.45, 2.75) is 70.7 Å². The lowest BCUT2D eigenvalue weighted by molar-refractivity contribution is 0.0937. The molecule has 0 aromatic heterocycles. The second kappa shape index (κ2) is 9.79. The van der Waals surface area contributed by atoms with Crippen molar-refractivity contribution in [3.8, 4) is 0 Å². The Morgan fingerprint density at radius 1 is 1.17 bits per heavy atom. The average molecular weight is 355 g/mol. The summed E-state index contributed by atoms with van der Waals surface area (Å²) in [6, 6.07) is 4.72. The molecule has 0 aliphatic heterocycles. The number of amides is 1. The lowest BCUT2D eigenvalue weighted by Gasteiger charge is -2.15. The van der Waals surface area contributed by atoms with E-state index in [1.807, 2.05) is 13.8 Å². The minimum atomic E-state index is -3.56. The molecule has 0 aliphatic carbocycles. The summed E-state index contributed by atoms with van der Waals surface area (Å²) in [4.78, 5) is 12.6. The molecule has 0 bridgehead atoms. The highest BCUT2D eigenvalue weighted by atomic mass is 32.2. The van der Waals surface area contributed by atoms with Gasteiger partial charge in [0.15, 0.2) is 0 Å². The first-order valence-electron chi connectivity index (χ1n) is 8.73. The summed E-state index contributed by atoms with van der Waals surface area (Å²) in [6.07, 6.45) is 5.59. The fraction of sp³-hybridized carbons (Fsp3) is 0.611. The van der Waals surface area contributed by atoms with Crippen molar-refractivity contribution in [3.63, 3.8) is 0 Å². The number of hydrogen-bond donors (Lipinski definition) is 2. The molecule has 0 spiro atoms. The Morgan fingerprint density at radius 3 is 2.50 bits per heavy atom. The monoisotopic (exact) mass is 354 g/mol. The van der Waals surface area contributed by atoms with Crippen LogP contribution in [0.2, 0.25) is 0 Å². The van der Waals surface area contributed by atoms with E-state index in [1.165, 1.54) is 31.4 Å². The van der Waals surface area contributed by atoms with Gasteiger partial charge in [-0.1, -0.05) is 45.6 Å². The molecule has 0 aliphatic rings. The maximum absolute atomic E-state index is 12.5. The lowest BCUT2D eigenvalue weighted by Crippen LogP contribution is -2.33. The molecule has 1 atom stereocenters. The van der Waals surface area contributed by atoms with Gasteiger partial charge in [0, 0.05) is 18.2 Å². The van der Waals surface area contributed by atoms with Gasteiger partial charge in [0.1, 0.15) is 0 Å². The van der Waals surface area contributed by atoms with Crippen LogP contribution >= 0.6 is 0 Å². The highest BCUT2D eigenvalue weighted by Gasteiger charge is 2.18. The van der Waals surface area contributed by atoms with Gasteiger partial charge >= 0.3 is 0 Å². The van der Waals surface area contributed by atoms with E-state index in [1.54, 1.807) is 13.0 Å². The summed E-state index contributed by atoms with van der Waals surface area (Å²) in [5.74, 6) is -0.218. The van der Waals surface area contributed by atoms with Crippen LogP contribution in [0.1, 0.15) is 68.8 Å². The van der Waals surface area contributed by atoms with Crippen molar-refractivity contribution in [1.82, 2.24) is 10.0 Å². The van der Waals surface area contributed by atoms with Crippen LogP contribution in [0.4, 0.5) is 0 Å². The molecule has 0 saturated carbocycles. The first-order valence-corrected chi connectivity index (χ1v) is 10.2. The standard InChI is InChI=1S/C18H30N2O3S/c1-5-7-8-9-10-15(4)20-18(21)17-13-16(12-11-14(17)3)24(22,23)19-6-2/h11-13,15,19H,5-10H2,1-4H3,(H,20,21). The van der Waals surface area contributed by atoms with Gasteiger partial charge in [0.25, 0.3) is 5.91 Å². The predicted octanol–water partition coefficient (Wildman–Crippen LogP) is 3.38. The highest BCUT2D eigenvalue weighted by Crippen LogP contribution is 2.16. The quantitative estimate of drug-likeness (QED) is 0.633. The van der Waals surface area contributed by atoms with Crippen LogP contribution in [0.5, 0.6) is 0 Å². The van der Waals surface area contributed by atoms with Crippen LogP contribution in [0.15, 0.2) is 23.1 Å². The molecule has 136 valence electrons. The minimum absolute atomic E-state index is 0.0720. The van der Waals surface area contributed by atoms with Crippen molar-refractivity contribution in [2.75, 3.05) is 6.54 Å². The van der Waals surface area contributed by atoms with Gasteiger partial charge in [-0.3, -0.25) is 4.79 Å². The molecule has 0 fully saturated rings. The Hall–Kier alpha value is -1.40. The molecule has 5 nitrogen and oxygen atoms in total. The maximum atomic E-state index is 12.5. The summed E-state index contributed by atoms with van der Waals surface area (Å²) in [6.45, 7) is 8.00. The van der Waals surface area contributed by atoms with Gasteiger partial charge in [-0.25, -0.2) is 13.1 Å². The van der Waals surface area contributed by atoms with E-state index in [2.05, 4.69) is 17.0 Å². The van der Waals surface area contributed by atoms with Crippen LogP contribution in [0, 0.1) is 6.92 Å². The van der Waals surface area contributed by atoms with Crippen LogP contribution in [-0.4, -0.2) is 26.9 Å². The maximum Gasteiger partial charge on any atom is 0.251 e. The molecule has 1 aromatic rings. The van der Waals surface area contributed by atoms with Crippen molar-refractivity contribution >= 4 is 15.9 Å². The molecular formula is C18H30N2O3S. The van der Waals surface area contributed by atoms with Gasteiger partial charge in [-0.15, -0.1) is 0 Å². The number of aryl methyl sites for hydroxylation is 1. The number of hydrogen-bond acceptors (Lipinski definition) is 3. The second-order valence-corrected chi connectivity index (χ2v) is 7.97. The van der Waals surface area contributed by atoms with E-state index < -0.39 is 10.0 Å². The van der Waals surface area contributed by atoms with Crippen molar-refractivity contribution in [3.05, 3.63) is 29.3 Å². The van der Waals surface area contributed by atoms with Crippen molar-refractivity contribution < 1.29 is 13.2 Å². The van der Waals surface area contributed by atoms with Crippen LogP contribution in [0.3, 0.4) is 0 Å². The zero-order chi connectivity index (χ0) is 18.2. The Kier molecular flexibility index (Phi) is 8.42. The zero-order valence-electron chi connectivity index (χ0n) is 15.2. The van der Waals surface area contributed by atoms with E-state index in [9.17, 15) is 13.2 Å². The fourth-order valence-corrected chi connectivity index (χ4v) is 3.60. The van der Waals surface area contributed by atoms with E-state index >= 15 is 0 Å². The van der Waals surface area contributed by atoms with Crippen molar-refractivity contribution in [2.24, 2.45) is 0 Å². The molecule has 1 aromatic carbocycles. The first-order chi connectivity index (χ1) is 11.3. The van der Waals surface area contributed by atoms with Crippen LogP contribution in [-0.2, 0) is 10.0 Å². The predicted molar refractivity (Wildman–Crippen MR) is 97.7 cm³/mol. The Bertz CT molecular complexity index is 642. The van der Waals surface area contributed by atoms with Gasteiger partial charge < -0.3 is 5.32 Å². The van der Waals surface area contributed by atoms with E-state index in [0.717, 1.165) is 18.4 Å². The largest absolute Gasteiger partial charge is 0.350 e. The lowest BCUT2D eigenvalue weighted by atomic mass is 10.1. The normalized spacial score (nSPS) is 12.8. The van der Waals surface area contributed by atoms with Crippen LogP contribution < -0.4 is 10.0 Å². The summed E-state index contributed by atoms with van der Waals surface area (Å²) >= 11 is 0. The molecule has 1 amide bonds. The smallest absolute Gasteiger partial charge is 0.251 e.